The van der Waals surface area contributed by atoms with Crippen LogP contribution in [0.25, 0.3) is 0 Å². The standard InChI is InChI=1S/C9H21N3O2S/c1-2-7-11-15(13,14)12-9-6-4-3-5-8(9)10/h8-9,11-12H,2-7,10H2,1H3. The van der Waals surface area contributed by atoms with Gasteiger partial charge < -0.3 is 5.73 Å². The number of rotatable bonds is 5. The molecule has 0 aromatic heterocycles. The molecule has 0 aliphatic heterocycles. The summed E-state index contributed by atoms with van der Waals surface area (Å²) in [6, 6.07) is -0.148. The van der Waals surface area contributed by atoms with Gasteiger partial charge in [0.05, 0.1) is 0 Å². The highest BCUT2D eigenvalue weighted by molar-refractivity contribution is 7.87. The second kappa shape index (κ2) is 5.79. The van der Waals surface area contributed by atoms with Crippen LogP contribution < -0.4 is 15.2 Å². The molecule has 0 bridgehead atoms. The molecule has 4 N–H and O–H groups in total. The molecule has 15 heavy (non-hydrogen) atoms. The normalized spacial score (nSPS) is 27.9. The molecule has 0 spiro atoms. The quantitative estimate of drug-likeness (QED) is 0.631. The first-order chi connectivity index (χ1) is 7.05. The first kappa shape index (κ1) is 12.9. The van der Waals surface area contributed by atoms with E-state index in [0.29, 0.717) is 6.54 Å². The van der Waals surface area contributed by atoms with Crippen molar-refractivity contribution in [2.24, 2.45) is 5.73 Å². The number of nitrogens with one attached hydrogen (secondary N) is 2. The van der Waals surface area contributed by atoms with E-state index in [1.54, 1.807) is 0 Å². The van der Waals surface area contributed by atoms with Crippen molar-refractivity contribution < 1.29 is 8.42 Å². The predicted molar refractivity (Wildman–Crippen MR) is 60.6 cm³/mol. The van der Waals surface area contributed by atoms with E-state index in [4.69, 9.17) is 5.73 Å². The Morgan fingerprint density at radius 3 is 2.60 bits per heavy atom. The number of hydrogen-bond donors (Lipinski definition) is 3. The summed E-state index contributed by atoms with van der Waals surface area (Å²) < 4.78 is 28.1. The van der Waals surface area contributed by atoms with Crippen LogP contribution >= 0.6 is 0 Å². The summed E-state index contributed by atoms with van der Waals surface area (Å²) in [7, 11) is -3.36. The molecule has 1 fully saturated rings. The van der Waals surface area contributed by atoms with Crippen molar-refractivity contribution in [1.29, 1.82) is 0 Å². The average molecular weight is 235 g/mol. The van der Waals surface area contributed by atoms with Gasteiger partial charge in [-0.25, -0.2) is 4.72 Å². The molecule has 0 heterocycles. The smallest absolute Gasteiger partial charge is 0.277 e. The Morgan fingerprint density at radius 2 is 2.00 bits per heavy atom. The Labute approximate surface area is 92.0 Å². The molecular formula is C9H21N3O2S. The van der Waals surface area contributed by atoms with Gasteiger partial charge in [0.2, 0.25) is 0 Å². The van der Waals surface area contributed by atoms with E-state index in [9.17, 15) is 8.42 Å². The summed E-state index contributed by atoms with van der Waals surface area (Å²) >= 11 is 0. The van der Waals surface area contributed by atoms with Gasteiger partial charge in [-0.15, -0.1) is 0 Å². The van der Waals surface area contributed by atoms with E-state index in [1.165, 1.54) is 0 Å². The molecular weight excluding hydrogens is 214 g/mol. The fraction of sp³-hybridized carbons (Fsp3) is 1.00. The van der Waals surface area contributed by atoms with Gasteiger partial charge in [0.1, 0.15) is 0 Å². The SMILES string of the molecule is CCCNS(=O)(=O)NC1CCCCC1N. The maximum absolute atomic E-state index is 11.5. The average Bonchev–Trinajstić information content (AvgIpc) is 2.18. The molecule has 2 atom stereocenters. The first-order valence-corrected chi connectivity index (χ1v) is 7.06. The van der Waals surface area contributed by atoms with Gasteiger partial charge in [-0.3, -0.25) is 0 Å². The van der Waals surface area contributed by atoms with Gasteiger partial charge >= 0.3 is 0 Å². The Morgan fingerprint density at radius 1 is 1.33 bits per heavy atom. The monoisotopic (exact) mass is 235 g/mol. The molecule has 0 amide bonds. The topological polar surface area (TPSA) is 84.2 Å². The third-order valence-electron chi connectivity index (χ3n) is 2.67. The van der Waals surface area contributed by atoms with Crippen molar-refractivity contribution in [3.05, 3.63) is 0 Å². The molecule has 0 saturated heterocycles. The van der Waals surface area contributed by atoms with E-state index in [2.05, 4.69) is 9.44 Å². The zero-order valence-corrected chi connectivity index (χ0v) is 10.0. The predicted octanol–water partition coefficient (Wildman–Crippen LogP) is 0.0903. The van der Waals surface area contributed by atoms with Crippen LogP contribution in [0.4, 0.5) is 0 Å². The van der Waals surface area contributed by atoms with E-state index >= 15 is 0 Å². The zero-order chi connectivity index (χ0) is 11.3. The summed E-state index contributed by atoms with van der Waals surface area (Å²) in [5.74, 6) is 0. The van der Waals surface area contributed by atoms with Crippen LogP contribution in [0.1, 0.15) is 39.0 Å². The van der Waals surface area contributed by atoms with Crippen molar-refractivity contribution in [2.75, 3.05) is 6.54 Å². The lowest BCUT2D eigenvalue weighted by Crippen LogP contribution is -2.52. The second-order valence-electron chi connectivity index (χ2n) is 4.07. The molecule has 2 unspecified atom stereocenters. The minimum atomic E-state index is -3.36. The third-order valence-corrected chi connectivity index (χ3v) is 3.87. The largest absolute Gasteiger partial charge is 0.326 e. The molecule has 0 aromatic rings. The maximum Gasteiger partial charge on any atom is 0.277 e. The van der Waals surface area contributed by atoms with E-state index in [1.807, 2.05) is 6.92 Å². The Kier molecular flexibility index (Phi) is 4.98. The second-order valence-corrected chi connectivity index (χ2v) is 5.60. The number of nitrogens with two attached hydrogens (primary N) is 1. The minimum absolute atomic E-state index is 0.0445. The van der Waals surface area contributed by atoms with Crippen LogP contribution in [-0.4, -0.2) is 27.0 Å². The number of hydrogen-bond acceptors (Lipinski definition) is 3. The zero-order valence-electron chi connectivity index (χ0n) is 9.20. The summed E-state index contributed by atoms with van der Waals surface area (Å²) in [4.78, 5) is 0. The molecule has 0 aromatic carbocycles. The van der Waals surface area contributed by atoms with Crippen LogP contribution in [0.2, 0.25) is 0 Å². The Bertz CT molecular complexity index is 279. The molecule has 1 saturated carbocycles. The van der Waals surface area contributed by atoms with Gasteiger partial charge in [0.15, 0.2) is 0 Å². The highest BCUT2D eigenvalue weighted by Crippen LogP contribution is 2.17. The van der Waals surface area contributed by atoms with Crippen molar-refractivity contribution in [3.63, 3.8) is 0 Å². The Balaban J connectivity index is 2.44. The molecule has 5 nitrogen and oxygen atoms in total. The molecule has 6 heteroatoms. The van der Waals surface area contributed by atoms with Crippen molar-refractivity contribution >= 4 is 10.2 Å². The third kappa shape index (κ3) is 4.46. The lowest BCUT2D eigenvalue weighted by atomic mass is 9.92. The van der Waals surface area contributed by atoms with Gasteiger partial charge in [-0.05, 0) is 19.3 Å². The van der Waals surface area contributed by atoms with Gasteiger partial charge in [-0.2, -0.15) is 13.1 Å². The minimum Gasteiger partial charge on any atom is -0.326 e. The van der Waals surface area contributed by atoms with E-state index in [-0.39, 0.29) is 12.1 Å². The van der Waals surface area contributed by atoms with Crippen LogP contribution in [0.15, 0.2) is 0 Å². The molecule has 1 aliphatic carbocycles. The van der Waals surface area contributed by atoms with Gasteiger partial charge in [0.25, 0.3) is 10.2 Å². The van der Waals surface area contributed by atoms with E-state index < -0.39 is 10.2 Å². The fourth-order valence-electron chi connectivity index (χ4n) is 1.78. The lowest BCUT2D eigenvalue weighted by Gasteiger charge is -2.28. The fourth-order valence-corrected chi connectivity index (χ4v) is 3.03. The van der Waals surface area contributed by atoms with Crippen molar-refractivity contribution in [1.82, 2.24) is 9.44 Å². The van der Waals surface area contributed by atoms with Gasteiger partial charge in [0, 0.05) is 18.6 Å². The lowest BCUT2D eigenvalue weighted by molar-refractivity contribution is 0.360. The first-order valence-electron chi connectivity index (χ1n) is 5.57. The van der Waals surface area contributed by atoms with Crippen LogP contribution in [0.5, 0.6) is 0 Å². The molecule has 1 rings (SSSR count). The van der Waals surface area contributed by atoms with Crippen LogP contribution in [0.3, 0.4) is 0 Å². The van der Waals surface area contributed by atoms with Gasteiger partial charge in [-0.1, -0.05) is 19.8 Å². The highest BCUT2D eigenvalue weighted by Gasteiger charge is 2.25. The molecule has 1 aliphatic rings. The maximum atomic E-state index is 11.5. The summed E-state index contributed by atoms with van der Waals surface area (Å²) in [5.41, 5.74) is 5.86. The van der Waals surface area contributed by atoms with Crippen molar-refractivity contribution in [2.45, 2.75) is 51.1 Å². The summed E-state index contributed by atoms with van der Waals surface area (Å²) in [6.07, 6.45) is 4.68. The summed E-state index contributed by atoms with van der Waals surface area (Å²) in [5, 5.41) is 0. The summed E-state index contributed by atoms with van der Waals surface area (Å²) in [6.45, 7) is 2.39. The molecule has 0 radical (unpaired) electrons. The van der Waals surface area contributed by atoms with E-state index in [0.717, 1.165) is 32.1 Å². The van der Waals surface area contributed by atoms with Crippen LogP contribution in [-0.2, 0) is 10.2 Å². The molecule has 90 valence electrons. The van der Waals surface area contributed by atoms with Crippen molar-refractivity contribution in [3.8, 4) is 0 Å². The Hall–Kier alpha value is -0.170. The van der Waals surface area contributed by atoms with Crippen LogP contribution in [0, 0.1) is 0 Å². The highest BCUT2D eigenvalue weighted by atomic mass is 32.2.